The lowest BCUT2D eigenvalue weighted by Gasteiger charge is -2.08. The second-order valence-electron chi connectivity index (χ2n) is 7.70. The van der Waals surface area contributed by atoms with E-state index >= 15 is 0 Å². The Labute approximate surface area is 178 Å². The molecule has 8 nitrogen and oxygen atoms in total. The van der Waals surface area contributed by atoms with Crippen LogP contribution in [0.2, 0.25) is 0 Å². The summed E-state index contributed by atoms with van der Waals surface area (Å²) in [7, 11) is 0. The van der Waals surface area contributed by atoms with E-state index in [2.05, 4.69) is 44.2 Å². The van der Waals surface area contributed by atoms with E-state index in [1.165, 1.54) is 18.5 Å². The first-order valence-electron chi connectivity index (χ1n) is 10.0. The summed E-state index contributed by atoms with van der Waals surface area (Å²) in [6, 6.07) is 7.94. The van der Waals surface area contributed by atoms with Crippen LogP contribution in [0.25, 0.3) is 17.2 Å². The molecule has 1 aliphatic rings. The van der Waals surface area contributed by atoms with Crippen molar-refractivity contribution in [1.82, 2.24) is 29.5 Å². The van der Waals surface area contributed by atoms with Gasteiger partial charge in [0.05, 0.1) is 17.8 Å². The first-order valence-corrected chi connectivity index (χ1v) is 10.0. The Bertz CT molecular complexity index is 1220. The van der Waals surface area contributed by atoms with Gasteiger partial charge < -0.3 is 5.32 Å². The van der Waals surface area contributed by atoms with Gasteiger partial charge in [-0.2, -0.15) is 5.10 Å². The third-order valence-corrected chi connectivity index (χ3v) is 4.81. The topological polar surface area (TPSA) is 98.0 Å². The Morgan fingerprint density at radius 1 is 1.16 bits per heavy atom. The number of halogens is 1. The third kappa shape index (κ3) is 4.40. The summed E-state index contributed by atoms with van der Waals surface area (Å²) in [5.41, 5.74) is 3.03. The molecule has 9 heteroatoms. The van der Waals surface area contributed by atoms with E-state index in [0.29, 0.717) is 23.3 Å². The molecular formula is C22H22FN7O. The van der Waals surface area contributed by atoms with Gasteiger partial charge in [0.25, 0.3) is 0 Å². The van der Waals surface area contributed by atoms with E-state index in [1.54, 1.807) is 35.1 Å². The molecular weight excluding hydrogens is 397 g/mol. The quantitative estimate of drug-likeness (QED) is 0.544. The maximum absolute atomic E-state index is 11.9. The highest BCUT2D eigenvalue weighted by atomic mass is 19.1. The fraction of sp³-hybridized carbons (Fsp3) is 0.273. The Morgan fingerprint density at radius 2 is 1.94 bits per heavy atom. The van der Waals surface area contributed by atoms with Gasteiger partial charge in [-0.25, -0.2) is 28.8 Å². The second kappa shape index (κ2) is 8.55. The predicted molar refractivity (Wildman–Crippen MR) is 114 cm³/mol. The van der Waals surface area contributed by atoms with Gasteiger partial charge in [0.1, 0.15) is 23.7 Å². The maximum atomic E-state index is 11.9. The molecule has 1 aliphatic heterocycles. The second-order valence-corrected chi connectivity index (χ2v) is 7.70. The number of nitrogens with one attached hydrogen (secondary N) is 1. The monoisotopic (exact) mass is 419 g/mol. The van der Waals surface area contributed by atoms with Gasteiger partial charge in [0.15, 0.2) is 11.5 Å². The van der Waals surface area contributed by atoms with Crippen LogP contribution in [0.5, 0.6) is 0 Å². The van der Waals surface area contributed by atoms with E-state index in [0.717, 1.165) is 23.3 Å². The van der Waals surface area contributed by atoms with Crippen LogP contribution in [0.15, 0.2) is 49.1 Å². The summed E-state index contributed by atoms with van der Waals surface area (Å²) in [6.45, 7) is 6.10. The van der Waals surface area contributed by atoms with Crippen LogP contribution in [-0.2, 0) is 11.2 Å². The van der Waals surface area contributed by atoms with Crippen LogP contribution in [0, 0.1) is 11.7 Å². The normalized spacial score (nSPS) is 14.9. The number of nitrogens with zero attached hydrogens (tertiary/aromatic N) is 6. The molecule has 0 radical (unpaired) electrons. The summed E-state index contributed by atoms with van der Waals surface area (Å²) in [6.07, 6.45) is 5.74. The van der Waals surface area contributed by atoms with Crippen molar-refractivity contribution in [3.05, 3.63) is 66.1 Å². The van der Waals surface area contributed by atoms with Crippen LogP contribution >= 0.6 is 0 Å². The number of anilines is 1. The molecule has 5 rings (SSSR count). The molecule has 0 saturated carbocycles. The average Bonchev–Trinajstić information content (AvgIpc) is 3.33. The van der Waals surface area contributed by atoms with E-state index in [1.807, 2.05) is 6.92 Å². The van der Waals surface area contributed by atoms with Crippen molar-refractivity contribution in [2.45, 2.75) is 33.1 Å². The number of carbonyl (C=O) groups excluding carboxylic acids is 1. The van der Waals surface area contributed by atoms with Gasteiger partial charge in [0, 0.05) is 11.8 Å². The molecule has 0 saturated heterocycles. The van der Waals surface area contributed by atoms with Crippen molar-refractivity contribution in [3.63, 3.8) is 0 Å². The van der Waals surface area contributed by atoms with Crippen molar-refractivity contribution in [1.29, 1.82) is 0 Å². The molecule has 3 aromatic heterocycles. The summed E-state index contributed by atoms with van der Waals surface area (Å²) in [4.78, 5) is 29.6. The number of fused-ring (bicyclic) bond motifs is 2. The number of aromatic nitrogens is 6. The average molecular weight is 419 g/mol. The maximum Gasteiger partial charge on any atom is 0.232 e. The number of hydrogen-bond donors (Lipinski definition) is 1. The Morgan fingerprint density at radius 3 is 2.61 bits per heavy atom. The molecule has 0 bridgehead atoms. The van der Waals surface area contributed by atoms with Crippen molar-refractivity contribution in [2.75, 3.05) is 5.32 Å². The molecule has 31 heavy (non-hydrogen) atoms. The molecule has 1 N–H and O–H groups in total. The fourth-order valence-electron chi connectivity index (χ4n) is 3.24. The zero-order chi connectivity index (χ0) is 22.0. The van der Waals surface area contributed by atoms with Crippen molar-refractivity contribution >= 4 is 17.4 Å². The van der Waals surface area contributed by atoms with Gasteiger partial charge in [0.2, 0.25) is 5.91 Å². The Hall–Kier alpha value is -3.75. The molecule has 1 atom stereocenters. The number of carbonyl (C=O) groups is 1. The van der Waals surface area contributed by atoms with Gasteiger partial charge in [-0.15, -0.1) is 0 Å². The highest BCUT2D eigenvalue weighted by molar-refractivity contribution is 6.01. The lowest BCUT2D eigenvalue weighted by Crippen LogP contribution is -2.08. The van der Waals surface area contributed by atoms with E-state index in [-0.39, 0.29) is 17.6 Å². The van der Waals surface area contributed by atoms with Gasteiger partial charge in [-0.3, -0.25) is 4.79 Å². The highest BCUT2D eigenvalue weighted by Crippen LogP contribution is 2.31. The van der Waals surface area contributed by atoms with Crippen LogP contribution in [-0.4, -0.2) is 35.5 Å². The molecule has 1 amide bonds. The lowest BCUT2D eigenvalue weighted by molar-refractivity contribution is -0.116. The molecule has 0 fully saturated rings. The summed E-state index contributed by atoms with van der Waals surface area (Å²) in [5, 5.41) is 6.99. The zero-order valence-corrected chi connectivity index (χ0v) is 17.5. The fourth-order valence-corrected chi connectivity index (χ4v) is 3.24. The van der Waals surface area contributed by atoms with Crippen molar-refractivity contribution in [3.8, 4) is 11.5 Å². The Balaban J connectivity index is 0.000000282. The van der Waals surface area contributed by atoms with Crippen molar-refractivity contribution in [2.24, 2.45) is 5.92 Å². The van der Waals surface area contributed by atoms with Gasteiger partial charge in [-0.1, -0.05) is 32.0 Å². The molecule has 0 unspecified atom stereocenters. The van der Waals surface area contributed by atoms with Crippen molar-refractivity contribution < 1.29 is 9.18 Å². The smallest absolute Gasteiger partial charge is 0.232 e. The molecule has 4 heterocycles. The molecule has 0 spiro atoms. The van der Waals surface area contributed by atoms with Crippen LogP contribution in [0.3, 0.4) is 0 Å². The lowest BCUT2D eigenvalue weighted by atomic mass is 10.1. The Kier molecular flexibility index (Phi) is 5.66. The number of amides is 1. The molecule has 4 aromatic rings. The van der Waals surface area contributed by atoms with E-state index < -0.39 is 0 Å². The molecule has 158 valence electrons. The number of rotatable bonds is 3. The first-order chi connectivity index (χ1) is 14.9. The largest absolute Gasteiger partial charge is 0.310 e. The third-order valence-electron chi connectivity index (χ3n) is 4.81. The number of benzene rings is 1. The summed E-state index contributed by atoms with van der Waals surface area (Å²) >= 11 is 0. The van der Waals surface area contributed by atoms with Gasteiger partial charge >= 0.3 is 0 Å². The minimum Gasteiger partial charge on any atom is -0.310 e. The molecule has 0 aliphatic carbocycles. The molecule has 1 aromatic carbocycles. The van der Waals surface area contributed by atoms with Gasteiger partial charge in [-0.05, 0) is 31.4 Å². The number of hydrogen-bond acceptors (Lipinski definition) is 6. The minimum atomic E-state index is -0.226. The van der Waals surface area contributed by atoms with E-state index in [9.17, 15) is 9.18 Å². The van der Waals surface area contributed by atoms with Crippen LogP contribution < -0.4 is 5.32 Å². The summed E-state index contributed by atoms with van der Waals surface area (Å²) < 4.78 is 13.6. The highest BCUT2D eigenvalue weighted by Gasteiger charge is 2.28. The summed E-state index contributed by atoms with van der Waals surface area (Å²) in [5.74, 6) is 0.999. The minimum absolute atomic E-state index is 0.0587. The standard InChI is InChI=1S/C16H17N7O.C6H5F/c1-8(2)4-11-15-18-7-19-23(15)6-12(20-11)14-17-5-10-9(3)16(24)22-13(10)21-14;7-6-4-2-1-3-5-6/h5-9H,4H2,1-3H3,(H,17,21,22,24);1-5H/t9-;/m1./s1. The van der Waals surface area contributed by atoms with Crippen LogP contribution in [0.1, 0.15) is 37.9 Å². The predicted octanol–water partition coefficient (Wildman–Crippen LogP) is 3.66. The van der Waals surface area contributed by atoms with E-state index in [4.69, 9.17) is 0 Å². The zero-order valence-electron chi connectivity index (χ0n) is 17.5. The first kappa shape index (κ1) is 20.5. The SMILES string of the molecule is CC(C)Cc1nc(-c2ncc3c(n2)NC(=O)[C@@H]3C)cn2ncnc12.Fc1ccccc1. The van der Waals surface area contributed by atoms with Crippen LogP contribution in [0.4, 0.5) is 10.2 Å².